The molecule has 0 N–H and O–H groups in total. The molecule has 0 aromatic heterocycles. The molecule has 0 rings (SSSR count). The summed E-state index contributed by atoms with van der Waals surface area (Å²) in [5.74, 6) is 0.510. The maximum absolute atomic E-state index is 11.7. The first-order chi connectivity index (χ1) is 7.10. The van der Waals surface area contributed by atoms with Crippen LogP contribution in [0, 0.1) is 5.92 Å². The quantitative estimate of drug-likeness (QED) is 0.697. The Morgan fingerprint density at radius 2 is 1.69 bits per heavy atom. The fourth-order valence-corrected chi connectivity index (χ4v) is 2.67. The van der Waals surface area contributed by atoms with Crippen molar-refractivity contribution in [2.45, 2.75) is 58.3 Å². The Hall–Kier alpha value is 0.0700. The highest BCUT2D eigenvalue weighted by molar-refractivity contribution is 7.81. The smallest absolute Gasteiger partial charge is 0.161 e. The highest BCUT2D eigenvalue weighted by atomic mass is 32.2. The largest absolute Gasteiger partial charge is 0.375 e. The van der Waals surface area contributed by atoms with E-state index in [1.165, 1.54) is 7.11 Å². The van der Waals surface area contributed by atoms with Gasteiger partial charge in [0.15, 0.2) is 11.1 Å². The van der Waals surface area contributed by atoms with E-state index in [9.17, 15) is 4.21 Å². The Labute approximate surface area is 103 Å². The third kappa shape index (κ3) is 5.97. The Balaban J connectivity index is 4.39. The summed E-state index contributed by atoms with van der Waals surface area (Å²) in [5, 5.41) is 0. The predicted octanol–water partition coefficient (Wildman–Crippen LogP) is 2.92. The lowest BCUT2D eigenvalue weighted by atomic mass is 9.95. The molecule has 3 nitrogen and oxygen atoms in total. The second kappa shape index (κ2) is 6.12. The third-order valence-corrected chi connectivity index (χ3v) is 3.61. The molecule has 0 aliphatic carbocycles. The van der Waals surface area contributed by atoms with Crippen LogP contribution >= 0.6 is 0 Å². The second-order valence-electron chi connectivity index (χ2n) is 5.80. The van der Waals surface area contributed by atoms with Crippen molar-refractivity contribution in [3.63, 3.8) is 0 Å². The van der Waals surface area contributed by atoms with Gasteiger partial charge in [-0.15, -0.1) is 0 Å². The maximum atomic E-state index is 11.7. The zero-order chi connectivity index (χ0) is 13.0. The minimum absolute atomic E-state index is 0.276. The molecule has 0 amide bonds. The highest BCUT2D eigenvalue weighted by Gasteiger charge is 2.34. The van der Waals surface area contributed by atoms with E-state index in [1.807, 2.05) is 27.7 Å². The van der Waals surface area contributed by atoms with Crippen molar-refractivity contribution in [3.05, 3.63) is 0 Å². The van der Waals surface area contributed by atoms with E-state index in [1.54, 1.807) is 0 Å². The van der Waals surface area contributed by atoms with Gasteiger partial charge in [-0.05, 0) is 40.0 Å². The van der Waals surface area contributed by atoms with Crippen LogP contribution in [0.25, 0.3) is 0 Å². The van der Waals surface area contributed by atoms with Crippen LogP contribution in [0.3, 0.4) is 0 Å². The summed E-state index contributed by atoms with van der Waals surface area (Å²) in [6.07, 6.45) is 0.702. The van der Waals surface area contributed by atoms with Crippen LogP contribution in [-0.4, -0.2) is 28.3 Å². The molecule has 0 aliphatic rings. The number of hydrogen-bond acceptors (Lipinski definition) is 3. The molecule has 0 aromatic rings. The molecule has 1 atom stereocenters. The summed E-state index contributed by atoms with van der Waals surface area (Å²) in [4.78, 5) is 0. The lowest BCUT2D eigenvalue weighted by Gasteiger charge is -2.33. The van der Waals surface area contributed by atoms with Crippen LogP contribution < -0.4 is 0 Å². The SMILES string of the molecule is COS(=O)C(C)(C)CC(C)(C)OCC(C)C. The van der Waals surface area contributed by atoms with Crippen molar-refractivity contribution < 1.29 is 13.1 Å². The molecular formula is C12H26O3S. The van der Waals surface area contributed by atoms with Gasteiger partial charge in [0.1, 0.15) is 0 Å². The number of hydrogen-bond donors (Lipinski definition) is 0. The first-order valence-corrected chi connectivity index (χ1v) is 6.78. The molecule has 0 saturated heterocycles. The van der Waals surface area contributed by atoms with E-state index in [0.29, 0.717) is 12.3 Å². The molecule has 0 radical (unpaired) electrons. The van der Waals surface area contributed by atoms with Crippen molar-refractivity contribution in [2.24, 2.45) is 5.92 Å². The Morgan fingerprint density at radius 1 is 1.19 bits per heavy atom. The van der Waals surface area contributed by atoms with E-state index in [2.05, 4.69) is 13.8 Å². The van der Waals surface area contributed by atoms with Crippen molar-refractivity contribution >= 4 is 11.1 Å². The summed E-state index contributed by atoms with van der Waals surface area (Å²) < 4.78 is 22.0. The highest BCUT2D eigenvalue weighted by Crippen LogP contribution is 2.28. The van der Waals surface area contributed by atoms with Gasteiger partial charge in [-0.2, -0.15) is 0 Å². The fraction of sp³-hybridized carbons (Fsp3) is 1.00. The first kappa shape index (κ1) is 16.1. The van der Waals surface area contributed by atoms with Crippen LogP contribution in [0.5, 0.6) is 0 Å². The lowest BCUT2D eigenvalue weighted by Crippen LogP contribution is -2.39. The second-order valence-corrected chi connectivity index (χ2v) is 7.71. The molecule has 0 saturated carbocycles. The normalized spacial score (nSPS) is 15.5. The van der Waals surface area contributed by atoms with Crippen LogP contribution in [0.4, 0.5) is 0 Å². The number of rotatable bonds is 7. The van der Waals surface area contributed by atoms with Crippen LogP contribution in [0.15, 0.2) is 0 Å². The topological polar surface area (TPSA) is 35.5 Å². The lowest BCUT2D eigenvalue weighted by molar-refractivity contribution is -0.0410. The zero-order valence-electron chi connectivity index (χ0n) is 11.6. The van der Waals surface area contributed by atoms with Gasteiger partial charge in [0.25, 0.3) is 0 Å². The van der Waals surface area contributed by atoms with Gasteiger partial charge in [0.2, 0.25) is 0 Å². The van der Waals surface area contributed by atoms with Gasteiger partial charge >= 0.3 is 0 Å². The van der Waals surface area contributed by atoms with E-state index < -0.39 is 15.8 Å². The van der Waals surface area contributed by atoms with Crippen LogP contribution in [0.1, 0.15) is 48.0 Å². The Bertz CT molecular complexity index is 234. The monoisotopic (exact) mass is 250 g/mol. The standard InChI is InChI=1S/C12H26O3S/c1-10(2)8-15-11(3,4)9-12(5,6)16(13)14-7/h10H,8-9H2,1-7H3. The Morgan fingerprint density at radius 3 is 2.06 bits per heavy atom. The van der Waals surface area contributed by atoms with Crippen molar-refractivity contribution in [3.8, 4) is 0 Å². The van der Waals surface area contributed by atoms with E-state index in [-0.39, 0.29) is 5.60 Å². The van der Waals surface area contributed by atoms with Crippen LogP contribution in [-0.2, 0) is 20.0 Å². The molecule has 16 heavy (non-hydrogen) atoms. The molecule has 0 bridgehead atoms. The predicted molar refractivity (Wildman–Crippen MR) is 68.7 cm³/mol. The van der Waals surface area contributed by atoms with Gasteiger partial charge in [-0.3, -0.25) is 4.18 Å². The molecular weight excluding hydrogens is 224 g/mol. The van der Waals surface area contributed by atoms with Crippen molar-refractivity contribution in [2.75, 3.05) is 13.7 Å². The molecule has 0 spiro atoms. The first-order valence-electron chi connectivity index (χ1n) is 5.71. The summed E-state index contributed by atoms with van der Waals surface area (Å²) in [6.45, 7) is 12.9. The molecule has 1 unspecified atom stereocenters. The molecule has 0 aliphatic heterocycles. The Kier molecular flexibility index (Phi) is 6.15. The van der Waals surface area contributed by atoms with Gasteiger partial charge < -0.3 is 4.74 Å². The average molecular weight is 250 g/mol. The molecule has 0 heterocycles. The van der Waals surface area contributed by atoms with Gasteiger partial charge in [0, 0.05) is 6.61 Å². The third-order valence-electron chi connectivity index (χ3n) is 2.26. The van der Waals surface area contributed by atoms with E-state index in [4.69, 9.17) is 8.92 Å². The summed E-state index contributed by atoms with van der Waals surface area (Å²) in [6, 6.07) is 0. The summed E-state index contributed by atoms with van der Waals surface area (Å²) in [7, 11) is 1.47. The molecule has 4 heteroatoms. The minimum atomic E-state index is -1.28. The molecule has 0 aromatic carbocycles. The fourth-order valence-electron chi connectivity index (χ4n) is 1.75. The zero-order valence-corrected chi connectivity index (χ0v) is 12.4. The average Bonchev–Trinajstić information content (AvgIpc) is 2.12. The molecule has 0 fully saturated rings. The van der Waals surface area contributed by atoms with Crippen molar-refractivity contribution in [1.82, 2.24) is 0 Å². The van der Waals surface area contributed by atoms with Gasteiger partial charge in [0.05, 0.1) is 17.5 Å². The summed E-state index contributed by atoms with van der Waals surface area (Å²) in [5.41, 5.74) is -0.276. The van der Waals surface area contributed by atoms with Gasteiger partial charge in [-0.1, -0.05) is 13.8 Å². The van der Waals surface area contributed by atoms with Crippen LogP contribution in [0.2, 0.25) is 0 Å². The molecule has 98 valence electrons. The van der Waals surface area contributed by atoms with Crippen molar-refractivity contribution in [1.29, 1.82) is 0 Å². The maximum Gasteiger partial charge on any atom is 0.161 e. The minimum Gasteiger partial charge on any atom is -0.375 e. The number of ether oxygens (including phenoxy) is 1. The van der Waals surface area contributed by atoms with Gasteiger partial charge in [-0.25, -0.2) is 4.21 Å². The van der Waals surface area contributed by atoms with E-state index in [0.717, 1.165) is 6.61 Å². The van der Waals surface area contributed by atoms with E-state index >= 15 is 0 Å². The summed E-state index contributed by atoms with van der Waals surface area (Å²) >= 11 is -1.28.